The first-order chi connectivity index (χ1) is 16.1. The molecule has 1 aliphatic rings. The molecule has 0 saturated carbocycles. The largest absolute Gasteiger partial charge is 0.316 e. The van der Waals surface area contributed by atoms with Crippen LogP contribution in [0.2, 0.25) is 5.02 Å². The summed E-state index contributed by atoms with van der Waals surface area (Å²) in [5.41, 5.74) is 4.86. The molecule has 1 N–H and O–H groups in total. The molecule has 2 heterocycles. The first-order valence-corrected chi connectivity index (χ1v) is 13.4. The molecule has 7 heteroatoms. The highest BCUT2D eigenvalue weighted by Crippen LogP contribution is 2.34. The van der Waals surface area contributed by atoms with Crippen molar-refractivity contribution in [3.05, 3.63) is 83.5 Å². The summed E-state index contributed by atoms with van der Waals surface area (Å²) in [5.74, 6) is 1.12. The van der Waals surface area contributed by atoms with Gasteiger partial charge in [0.15, 0.2) is 11.0 Å². The van der Waals surface area contributed by atoms with Gasteiger partial charge in [0.05, 0.1) is 15.6 Å². The molecular formula is C26H24ClN3OS2. The molecule has 1 saturated heterocycles. The number of aryl methyl sites for hydroxylation is 1. The van der Waals surface area contributed by atoms with Crippen LogP contribution in [0.5, 0.6) is 0 Å². The lowest BCUT2D eigenvalue weighted by molar-refractivity contribution is 0.686. The van der Waals surface area contributed by atoms with E-state index in [9.17, 15) is 4.21 Å². The number of nitrogens with zero attached hydrogens (tertiary/aromatic N) is 2. The van der Waals surface area contributed by atoms with Crippen LogP contribution in [0.1, 0.15) is 18.4 Å². The lowest BCUT2D eigenvalue weighted by Gasteiger charge is -2.27. The summed E-state index contributed by atoms with van der Waals surface area (Å²) in [6, 6.07) is 22.0. The third-order valence-electron chi connectivity index (χ3n) is 5.78. The van der Waals surface area contributed by atoms with Gasteiger partial charge >= 0.3 is 0 Å². The Morgan fingerprint density at radius 2 is 1.94 bits per heavy atom. The summed E-state index contributed by atoms with van der Waals surface area (Å²) in [6.07, 6.45) is 4.26. The number of anilines is 2. The number of nitrogens with one attached hydrogen (secondary N) is 1. The number of pyridine rings is 1. The summed E-state index contributed by atoms with van der Waals surface area (Å²) < 4.78 is 18.5. The van der Waals surface area contributed by atoms with Crippen LogP contribution in [0.3, 0.4) is 0 Å². The van der Waals surface area contributed by atoms with Gasteiger partial charge in [0, 0.05) is 40.8 Å². The standard InChI is InChI=1S/C26H24ClN3OS2/c1-18-8-9-20(16-23(18)26-22-7-3-2-6-19(22)12-13-28-26)29-33(31)25-11-10-21(17-24(25)27)30-14-4-5-15-32-30/h2-3,6-13,16-17,29H,4-5,14-15H2,1H3. The lowest BCUT2D eigenvalue weighted by atomic mass is 10.00. The molecule has 0 spiro atoms. The van der Waals surface area contributed by atoms with E-state index in [0.717, 1.165) is 51.3 Å². The Bertz CT molecular complexity index is 1330. The Morgan fingerprint density at radius 3 is 2.76 bits per heavy atom. The molecule has 3 aromatic carbocycles. The van der Waals surface area contributed by atoms with Gasteiger partial charge in [-0.3, -0.25) is 4.98 Å². The van der Waals surface area contributed by atoms with Gasteiger partial charge < -0.3 is 9.03 Å². The Morgan fingerprint density at radius 1 is 1.06 bits per heavy atom. The number of hydrogen-bond donors (Lipinski definition) is 1. The van der Waals surface area contributed by atoms with Crippen LogP contribution >= 0.6 is 23.5 Å². The Kier molecular flexibility index (Phi) is 6.58. The zero-order chi connectivity index (χ0) is 22.8. The van der Waals surface area contributed by atoms with Gasteiger partial charge in [-0.2, -0.15) is 0 Å². The van der Waals surface area contributed by atoms with Crippen LogP contribution < -0.4 is 9.03 Å². The fraction of sp³-hybridized carbons (Fsp3) is 0.192. The molecule has 1 aromatic heterocycles. The monoisotopic (exact) mass is 493 g/mol. The highest BCUT2D eigenvalue weighted by atomic mass is 35.5. The Labute approximate surface area is 206 Å². The van der Waals surface area contributed by atoms with E-state index in [2.05, 4.69) is 33.1 Å². The fourth-order valence-corrected chi connectivity index (χ4v) is 6.37. The molecule has 4 nitrogen and oxygen atoms in total. The molecule has 4 aromatic rings. The van der Waals surface area contributed by atoms with Crippen molar-refractivity contribution in [2.45, 2.75) is 24.7 Å². The zero-order valence-corrected chi connectivity index (χ0v) is 20.6. The molecule has 1 unspecified atom stereocenters. The summed E-state index contributed by atoms with van der Waals surface area (Å²) in [7, 11) is -1.49. The van der Waals surface area contributed by atoms with Crippen LogP contribution in [-0.4, -0.2) is 21.5 Å². The maximum atomic E-state index is 13.1. The topological polar surface area (TPSA) is 45.2 Å². The number of rotatable bonds is 5. The van der Waals surface area contributed by atoms with Crippen molar-refractivity contribution in [3.8, 4) is 11.3 Å². The van der Waals surface area contributed by atoms with Crippen molar-refractivity contribution in [2.75, 3.05) is 21.3 Å². The van der Waals surface area contributed by atoms with Gasteiger partial charge in [-0.1, -0.05) is 41.9 Å². The number of fused-ring (bicyclic) bond motifs is 1. The average Bonchev–Trinajstić information content (AvgIpc) is 2.85. The van der Waals surface area contributed by atoms with Crippen LogP contribution in [0, 0.1) is 6.92 Å². The van der Waals surface area contributed by atoms with Crippen LogP contribution in [0.15, 0.2) is 77.8 Å². The average molecular weight is 494 g/mol. The summed E-state index contributed by atoms with van der Waals surface area (Å²) in [4.78, 5) is 5.23. The molecular weight excluding hydrogens is 470 g/mol. The molecule has 0 amide bonds. The fourth-order valence-electron chi connectivity index (χ4n) is 4.03. The molecule has 0 aliphatic carbocycles. The minimum atomic E-state index is -1.49. The predicted molar refractivity (Wildman–Crippen MR) is 142 cm³/mol. The molecule has 33 heavy (non-hydrogen) atoms. The second kappa shape index (κ2) is 9.75. The first-order valence-electron chi connectivity index (χ1n) is 10.9. The van der Waals surface area contributed by atoms with Crippen LogP contribution in [0.4, 0.5) is 11.4 Å². The van der Waals surface area contributed by atoms with E-state index in [4.69, 9.17) is 11.6 Å². The van der Waals surface area contributed by atoms with Gasteiger partial charge in [-0.25, -0.2) is 4.21 Å². The minimum absolute atomic E-state index is 0.507. The Balaban J connectivity index is 1.41. The molecule has 1 fully saturated rings. The van der Waals surface area contributed by atoms with Gasteiger partial charge in [-0.15, -0.1) is 0 Å². The second-order valence-corrected chi connectivity index (χ2v) is 10.7. The molecule has 1 atom stereocenters. The minimum Gasteiger partial charge on any atom is -0.316 e. The smallest absolute Gasteiger partial charge is 0.151 e. The molecule has 5 rings (SSSR count). The molecule has 1 aliphatic heterocycles. The molecule has 168 valence electrons. The van der Waals surface area contributed by atoms with Gasteiger partial charge in [0.25, 0.3) is 0 Å². The predicted octanol–water partition coefficient (Wildman–Crippen LogP) is 7.25. The number of aromatic nitrogens is 1. The van der Waals surface area contributed by atoms with Gasteiger partial charge in [0.2, 0.25) is 0 Å². The van der Waals surface area contributed by atoms with E-state index in [0.29, 0.717) is 9.92 Å². The first kappa shape index (κ1) is 22.3. The van der Waals surface area contributed by atoms with Crippen LogP contribution in [-0.2, 0) is 11.0 Å². The summed E-state index contributed by atoms with van der Waals surface area (Å²) in [6.45, 7) is 3.07. The van der Waals surface area contributed by atoms with Crippen molar-refractivity contribution in [1.29, 1.82) is 0 Å². The quantitative estimate of drug-likeness (QED) is 0.297. The third-order valence-corrected chi connectivity index (χ3v) is 8.56. The lowest BCUT2D eigenvalue weighted by Crippen LogP contribution is -2.21. The van der Waals surface area contributed by atoms with Crippen molar-refractivity contribution in [1.82, 2.24) is 4.98 Å². The summed E-state index contributed by atoms with van der Waals surface area (Å²) in [5, 5.41) is 2.74. The highest BCUT2D eigenvalue weighted by Gasteiger charge is 2.16. The SMILES string of the molecule is Cc1ccc(NS(=O)c2ccc(N3CCCCS3)cc2Cl)cc1-c1nccc2ccccc12. The molecule has 0 bridgehead atoms. The van der Waals surface area contributed by atoms with E-state index >= 15 is 0 Å². The maximum absolute atomic E-state index is 13.1. The van der Waals surface area contributed by atoms with Gasteiger partial charge in [0.1, 0.15) is 0 Å². The van der Waals surface area contributed by atoms with Crippen molar-refractivity contribution < 1.29 is 4.21 Å². The summed E-state index contributed by atoms with van der Waals surface area (Å²) >= 11 is 8.37. The van der Waals surface area contributed by atoms with Crippen molar-refractivity contribution in [2.24, 2.45) is 0 Å². The number of halogens is 1. The van der Waals surface area contributed by atoms with Crippen LogP contribution in [0.25, 0.3) is 22.0 Å². The van der Waals surface area contributed by atoms with E-state index in [1.807, 2.05) is 72.7 Å². The van der Waals surface area contributed by atoms with E-state index in [1.54, 1.807) is 0 Å². The van der Waals surface area contributed by atoms with Crippen molar-refractivity contribution >= 4 is 56.7 Å². The molecule has 0 radical (unpaired) electrons. The number of benzene rings is 3. The Hall–Kier alpha value is -2.54. The van der Waals surface area contributed by atoms with E-state index < -0.39 is 11.0 Å². The van der Waals surface area contributed by atoms with Gasteiger partial charge in [-0.05, 0) is 79.1 Å². The normalized spacial score (nSPS) is 14.9. The number of hydrogen-bond acceptors (Lipinski definition) is 4. The van der Waals surface area contributed by atoms with E-state index in [-0.39, 0.29) is 0 Å². The highest BCUT2D eigenvalue weighted by molar-refractivity contribution is 8.00. The maximum Gasteiger partial charge on any atom is 0.151 e. The van der Waals surface area contributed by atoms with E-state index in [1.165, 1.54) is 12.8 Å². The third kappa shape index (κ3) is 4.74. The zero-order valence-electron chi connectivity index (χ0n) is 18.3. The van der Waals surface area contributed by atoms with Crippen molar-refractivity contribution in [3.63, 3.8) is 0 Å². The second-order valence-electron chi connectivity index (χ2n) is 8.04.